The zero-order chi connectivity index (χ0) is 18.3. The number of benzene rings is 3. The first-order chi connectivity index (χ1) is 12.5. The van der Waals surface area contributed by atoms with Gasteiger partial charge in [-0.05, 0) is 45.6 Å². The third kappa shape index (κ3) is 3.06. The van der Waals surface area contributed by atoms with E-state index in [0.29, 0.717) is 21.2 Å². The lowest BCUT2D eigenvalue weighted by molar-refractivity contribution is 0.0733. The Morgan fingerprint density at radius 3 is 2.54 bits per heavy atom. The second kappa shape index (κ2) is 6.70. The van der Waals surface area contributed by atoms with Crippen LogP contribution >= 0.6 is 31.9 Å². The van der Waals surface area contributed by atoms with Crippen LogP contribution in [0.4, 0.5) is 0 Å². The van der Waals surface area contributed by atoms with Gasteiger partial charge in [-0.1, -0.05) is 52.3 Å². The van der Waals surface area contributed by atoms with Gasteiger partial charge in [0.2, 0.25) is 0 Å². The van der Waals surface area contributed by atoms with Crippen LogP contribution in [0.2, 0.25) is 0 Å². The Morgan fingerprint density at radius 2 is 1.69 bits per heavy atom. The minimum absolute atomic E-state index is 0.157. The molecule has 3 aromatic carbocycles. The third-order valence-corrected chi connectivity index (χ3v) is 4.97. The van der Waals surface area contributed by atoms with E-state index in [4.69, 9.17) is 9.15 Å². The SMILES string of the molecule is O=C(Oc1cccc2ccccc12)c1cc2cc(Br)cc(Br)c2oc1=O. The molecule has 4 aromatic rings. The fraction of sp³-hybridized carbons (Fsp3) is 0. The van der Waals surface area contributed by atoms with Gasteiger partial charge in [-0.25, -0.2) is 9.59 Å². The predicted molar refractivity (Wildman–Crippen MR) is 107 cm³/mol. The lowest BCUT2D eigenvalue weighted by atomic mass is 10.1. The van der Waals surface area contributed by atoms with Crippen LogP contribution in [0.25, 0.3) is 21.7 Å². The Balaban J connectivity index is 1.79. The first-order valence-electron chi connectivity index (χ1n) is 7.66. The van der Waals surface area contributed by atoms with Crippen LogP contribution in [0.5, 0.6) is 5.75 Å². The van der Waals surface area contributed by atoms with Crippen molar-refractivity contribution in [1.82, 2.24) is 0 Å². The summed E-state index contributed by atoms with van der Waals surface area (Å²) in [6.07, 6.45) is 0. The Morgan fingerprint density at radius 1 is 0.923 bits per heavy atom. The largest absolute Gasteiger partial charge is 0.422 e. The van der Waals surface area contributed by atoms with E-state index in [1.54, 1.807) is 24.3 Å². The van der Waals surface area contributed by atoms with Crippen LogP contribution < -0.4 is 10.4 Å². The highest BCUT2D eigenvalue weighted by atomic mass is 79.9. The first kappa shape index (κ1) is 17.0. The highest BCUT2D eigenvalue weighted by Gasteiger charge is 2.18. The number of ether oxygens (including phenoxy) is 1. The van der Waals surface area contributed by atoms with E-state index in [0.717, 1.165) is 15.2 Å². The standard InChI is InChI=1S/C20H10Br2O4/c21-13-8-12-9-15(20(24)26-18(12)16(22)10-13)19(23)25-17-7-3-5-11-4-1-2-6-14(11)17/h1-10H. The highest BCUT2D eigenvalue weighted by Crippen LogP contribution is 2.29. The molecule has 0 radical (unpaired) electrons. The molecule has 6 heteroatoms. The van der Waals surface area contributed by atoms with Gasteiger partial charge >= 0.3 is 11.6 Å². The zero-order valence-corrected chi connectivity index (χ0v) is 16.3. The molecule has 0 fully saturated rings. The summed E-state index contributed by atoms with van der Waals surface area (Å²) in [6.45, 7) is 0. The number of hydrogen-bond acceptors (Lipinski definition) is 4. The lowest BCUT2D eigenvalue weighted by Gasteiger charge is -2.08. The Bertz CT molecular complexity index is 1220. The van der Waals surface area contributed by atoms with Gasteiger partial charge < -0.3 is 9.15 Å². The third-order valence-electron chi connectivity index (χ3n) is 3.92. The summed E-state index contributed by atoms with van der Waals surface area (Å²) in [7, 11) is 0. The van der Waals surface area contributed by atoms with Crippen LogP contribution in [-0.4, -0.2) is 5.97 Å². The van der Waals surface area contributed by atoms with Crippen LogP contribution in [-0.2, 0) is 0 Å². The van der Waals surface area contributed by atoms with Gasteiger partial charge in [0.25, 0.3) is 0 Å². The maximum Gasteiger partial charge on any atom is 0.351 e. The minimum Gasteiger partial charge on any atom is -0.422 e. The van der Waals surface area contributed by atoms with Crippen LogP contribution in [0.3, 0.4) is 0 Å². The fourth-order valence-corrected chi connectivity index (χ4v) is 4.08. The van der Waals surface area contributed by atoms with Gasteiger partial charge in [-0.3, -0.25) is 0 Å². The number of hydrogen-bond donors (Lipinski definition) is 0. The molecule has 0 aliphatic carbocycles. The fourth-order valence-electron chi connectivity index (χ4n) is 2.74. The van der Waals surface area contributed by atoms with E-state index in [1.807, 2.05) is 30.3 Å². The van der Waals surface area contributed by atoms with Gasteiger partial charge in [0.15, 0.2) is 5.58 Å². The van der Waals surface area contributed by atoms with E-state index in [-0.39, 0.29) is 5.56 Å². The van der Waals surface area contributed by atoms with Crippen LogP contribution in [0.15, 0.2) is 78.8 Å². The molecule has 0 aliphatic heterocycles. The topological polar surface area (TPSA) is 56.5 Å². The molecule has 0 spiro atoms. The normalized spacial score (nSPS) is 11.0. The van der Waals surface area contributed by atoms with E-state index in [9.17, 15) is 9.59 Å². The van der Waals surface area contributed by atoms with Crippen molar-refractivity contribution in [2.24, 2.45) is 0 Å². The Hall–Kier alpha value is -2.44. The second-order valence-electron chi connectivity index (χ2n) is 5.62. The summed E-state index contributed by atoms with van der Waals surface area (Å²) >= 11 is 6.72. The number of fused-ring (bicyclic) bond motifs is 2. The van der Waals surface area contributed by atoms with Crippen molar-refractivity contribution in [1.29, 1.82) is 0 Å². The molecule has 4 rings (SSSR count). The summed E-state index contributed by atoms with van der Waals surface area (Å²) in [5.74, 6) is -0.365. The average Bonchev–Trinajstić information content (AvgIpc) is 2.62. The summed E-state index contributed by atoms with van der Waals surface area (Å²) in [4.78, 5) is 24.9. The van der Waals surface area contributed by atoms with Crippen molar-refractivity contribution in [2.75, 3.05) is 0 Å². The van der Waals surface area contributed by atoms with Crippen molar-refractivity contribution in [3.05, 3.63) is 85.6 Å². The van der Waals surface area contributed by atoms with Crippen molar-refractivity contribution >= 4 is 59.6 Å². The quantitative estimate of drug-likeness (QED) is 0.213. The molecule has 26 heavy (non-hydrogen) atoms. The van der Waals surface area contributed by atoms with Gasteiger partial charge in [-0.2, -0.15) is 0 Å². The average molecular weight is 474 g/mol. The van der Waals surface area contributed by atoms with E-state index >= 15 is 0 Å². The van der Waals surface area contributed by atoms with Gasteiger partial charge in [0, 0.05) is 15.2 Å². The van der Waals surface area contributed by atoms with Gasteiger partial charge in [-0.15, -0.1) is 0 Å². The highest BCUT2D eigenvalue weighted by molar-refractivity contribution is 9.11. The lowest BCUT2D eigenvalue weighted by Crippen LogP contribution is -2.18. The second-order valence-corrected chi connectivity index (χ2v) is 7.39. The van der Waals surface area contributed by atoms with E-state index in [2.05, 4.69) is 31.9 Å². The zero-order valence-electron chi connectivity index (χ0n) is 13.2. The molecule has 0 saturated heterocycles. The number of halogens is 2. The van der Waals surface area contributed by atoms with Crippen molar-refractivity contribution < 1.29 is 13.9 Å². The molecule has 0 N–H and O–H groups in total. The summed E-state index contributed by atoms with van der Waals surface area (Å²) in [6, 6.07) is 18.0. The minimum atomic E-state index is -0.756. The number of carbonyl (C=O) groups is 1. The molecule has 0 amide bonds. The molecular formula is C20H10Br2O4. The Kier molecular flexibility index (Phi) is 4.38. The predicted octanol–water partition coefficient (Wildman–Crippen LogP) is 5.69. The van der Waals surface area contributed by atoms with Gasteiger partial charge in [0.05, 0.1) is 4.47 Å². The molecule has 1 aromatic heterocycles. The molecule has 4 nitrogen and oxygen atoms in total. The van der Waals surface area contributed by atoms with E-state index in [1.165, 1.54) is 6.07 Å². The number of carbonyl (C=O) groups excluding carboxylic acids is 1. The first-order valence-corrected chi connectivity index (χ1v) is 9.24. The molecule has 1 heterocycles. The monoisotopic (exact) mass is 472 g/mol. The maximum atomic E-state index is 12.6. The molecule has 128 valence electrons. The smallest absolute Gasteiger partial charge is 0.351 e. The number of esters is 1. The maximum absolute atomic E-state index is 12.6. The molecule has 0 aliphatic rings. The van der Waals surface area contributed by atoms with E-state index < -0.39 is 11.6 Å². The van der Waals surface area contributed by atoms with Crippen molar-refractivity contribution in [3.63, 3.8) is 0 Å². The summed E-state index contributed by atoms with van der Waals surface area (Å²) in [5, 5.41) is 2.34. The van der Waals surface area contributed by atoms with Crippen molar-refractivity contribution in [2.45, 2.75) is 0 Å². The molecular weight excluding hydrogens is 464 g/mol. The van der Waals surface area contributed by atoms with Crippen LogP contribution in [0.1, 0.15) is 10.4 Å². The molecule has 0 bridgehead atoms. The summed E-state index contributed by atoms with van der Waals surface area (Å²) < 4.78 is 12.2. The Labute approximate surface area is 164 Å². The van der Waals surface area contributed by atoms with Crippen molar-refractivity contribution in [3.8, 4) is 5.75 Å². The molecule has 0 unspecified atom stereocenters. The molecule has 0 atom stereocenters. The number of rotatable bonds is 2. The molecule has 0 saturated carbocycles. The van der Waals surface area contributed by atoms with Crippen LogP contribution in [0, 0.1) is 0 Å². The van der Waals surface area contributed by atoms with Gasteiger partial charge in [0.1, 0.15) is 11.3 Å². The summed E-state index contributed by atoms with van der Waals surface area (Å²) in [5.41, 5.74) is -0.527.